The van der Waals surface area contributed by atoms with Crippen LogP contribution in [0.3, 0.4) is 0 Å². The molecule has 0 aliphatic heterocycles. The van der Waals surface area contributed by atoms with E-state index in [0.29, 0.717) is 30.3 Å². The quantitative estimate of drug-likeness (QED) is 0.0181. The highest BCUT2D eigenvalue weighted by Gasteiger charge is 2.27. The van der Waals surface area contributed by atoms with Gasteiger partial charge in [0.15, 0.2) is 6.10 Å². The molecule has 0 aromatic carbocycles. The summed E-state index contributed by atoms with van der Waals surface area (Å²) < 4.78 is 34.2. The predicted molar refractivity (Wildman–Crippen MR) is 218 cm³/mol. The molecule has 0 bridgehead atoms. The van der Waals surface area contributed by atoms with Gasteiger partial charge in [-0.3, -0.25) is 18.6 Å². The van der Waals surface area contributed by atoms with Crippen LogP contribution in [0.1, 0.15) is 181 Å². The van der Waals surface area contributed by atoms with E-state index in [1.165, 1.54) is 77.0 Å². The van der Waals surface area contributed by atoms with Crippen LogP contribution in [0.15, 0.2) is 12.2 Å². The average Bonchev–Trinajstić information content (AvgIpc) is 3.11. The minimum atomic E-state index is -4.41. The SMILES string of the molecule is CCCCC/C=C\C[C@H](O)[C@@H](O)CCCCCCCC(=O)O[C@H](COC(=O)CCCCCCCCCCCCCCC)COP(=O)(O)OCC[N+](C)(C)C. The van der Waals surface area contributed by atoms with Gasteiger partial charge in [0.1, 0.15) is 19.8 Å². The lowest BCUT2D eigenvalue weighted by molar-refractivity contribution is -0.870. The maximum absolute atomic E-state index is 12.7. The third kappa shape index (κ3) is 36.3. The van der Waals surface area contributed by atoms with Crippen molar-refractivity contribution >= 4 is 19.8 Å². The highest BCUT2D eigenvalue weighted by atomic mass is 31.2. The molecule has 0 saturated carbocycles. The predicted octanol–water partition coefficient (Wildman–Crippen LogP) is 9.74. The lowest BCUT2D eigenvalue weighted by atomic mass is 10.0. The van der Waals surface area contributed by atoms with Gasteiger partial charge in [-0.2, -0.15) is 0 Å². The van der Waals surface area contributed by atoms with Crippen LogP contribution in [0.2, 0.25) is 0 Å². The normalized spacial score (nSPS) is 14.9. The first-order valence-corrected chi connectivity index (χ1v) is 23.1. The van der Waals surface area contributed by atoms with Gasteiger partial charge in [-0.05, 0) is 38.5 Å². The number of carbonyl (C=O) groups is 2. The van der Waals surface area contributed by atoms with E-state index >= 15 is 0 Å². The van der Waals surface area contributed by atoms with Crippen molar-refractivity contribution in [3.8, 4) is 0 Å². The van der Waals surface area contributed by atoms with E-state index in [9.17, 15) is 29.3 Å². The van der Waals surface area contributed by atoms with E-state index in [2.05, 4.69) is 19.9 Å². The van der Waals surface area contributed by atoms with E-state index in [-0.39, 0.29) is 26.1 Å². The maximum Gasteiger partial charge on any atom is 0.472 e. The molecule has 54 heavy (non-hydrogen) atoms. The number of rotatable bonds is 39. The molecule has 0 heterocycles. The largest absolute Gasteiger partial charge is 0.472 e. The number of allylic oxidation sites excluding steroid dienone is 1. The van der Waals surface area contributed by atoms with Crippen LogP contribution in [0.5, 0.6) is 0 Å². The molecule has 3 N–H and O–H groups in total. The molecule has 0 aromatic heterocycles. The molecule has 0 saturated heterocycles. The number of carbonyl (C=O) groups excluding carboxylic acids is 2. The van der Waals surface area contributed by atoms with Gasteiger partial charge in [-0.15, -0.1) is 0 Å². The zero-order valence-electron chi connectivity index (χ0n) is 35.2. The van der Waals surface area contributed by atoms with Crippen LogP contribution >= 0.6 is 7.82 Å². The summed E-state index contributed by atoms with van der Waals surface area (Å²) in [6.07, 6.45) is 27.0. The van der Waals surface area contributed by atoms with Gasteiger partial charge in [-0.25, -0.2) is 4.57 Å². The number of hydrogen-bond acceptors (Lipinski definition) is 9. The van der Waals surface area contributed by atoms with Crippen molar-refractivity contribution in [1.29, 1.82) is 0 Å². The van der Waals surface area contributed by atoms with E-state index in [1.54, 1.807) is 0 Å². The Morgan fingerprint density at radius 1 is 0.630 bits per heavy atom. The molecule has 0 spiro atoms. The molecule has 4 atom stereocenters. The molecular weight excluding hydrogens is 709 g/mol. The third-order valence-corrected chi connectivity index (χ3v) is 10.5. The van der Waals surface area contributed by atoms with Crippen LogP contribution in [0.25, 0.3) is 0 Å². The lowest BCUT2D eigenvalue weighted by Gasteiger charge is -2.24. The first-order chi connectivity index (χ1) is 25.8. The highest BCUT2D eigenvalue weighted by molar-refractivity contribution is 7.47. The summed E-state index contributed by atoms with van der Waals surface area (Å²) in [5.41, 5.74) is 0. The molecule has 0 aromatic rings. The van der Waals surface area contributed by atoms with Gasteiger partial charge in [0, 0.05) is 12.8 Å². The summed E-state index contributed by atoms with van der Waals surface area (Å²) in [5.74, 6) is -0.904. The number of hydrogen-bond donors (Lipinski definition) is 3. The molecular formula is C42H83NO10P+. The summed E-state index contributed by atoms with van der Waals surface area (Å²) in [4.78, 5) is 35.3. The molecule has 0 amide bonds. The van der Waals surface area contributed by atoms with Crippen LogP contribution in [0, 0.1) is 0 Å². The molecule has 0 radical (unpaired) electrons. The standard InChI is InChI=1S/C42H82NO10P/c1-6-8-10-12-14-15-16-17-18-19-20-24-28-32-41(46)50-36-38(37-52-54(48,49)51-35-34-43(3,4)5)53-42(47)33-29-25-21-23-27-31-40(45)39(44)30-26-22-13-11-9-7-2/h22,26,38-40,44-45H,6-21,23-25,27-37H2,1-5H3/p+1/b26-22-/t38-,39+,40+/m1/s1. The molecule has 1 unspecified atom stereocenters. The topological polar surface area (TPSA) is 149 Å². The zero-order chi connectivity index (χ0) is 40.3. The van der Waals surface area contributed by atoms with Crippen molar-refractivity contribution in [1.82, 2.24) is 0 Å². The second kappa shape index (κ2) is 34.9. The fraction of sp³-hybridized carbons (Fsp3) is 0.905. The Morgan fingerprint density at radius 3 is 1.69 bits per heavy atom. The van der Waals surface area contributed by atoms with Crippen molar-refractivity contribution in [2.45, 2.75) is 199 Å². The van der Waals surface area contributed by atoms with E-state index in [4.69, 9.17) is 18.5 Å². The summed E-state index contributed by atoms with van der Waals surface area (Å²) in [6.45, 7) is 4.19. The Balaban J connectivity index is 4.49. The smallest absolute Gasteiger partial charge is 0.462 e. The van der Waals surface area contributed by atoms with Crippen molar-refractivity contribution in [3.63, 3.8) is 0 Å². The molecule has 0 rings (SSSR count). The number of unbranched alkanes of at least 4 members (excludes halogenated alkanes) is 19. The van der Waals surface area contributed by atoms with Gasteiger partial charge < -0.3 is 29.1 Å². The number of quaternary nitrogens is 1. The fourth-order valence-corrected chi connectivity index (χ4v) is 6.66. The summed E-state index contributed by atoms with van der Waals surface area (Å²) in [7, 11) is 1.39. The van der Waals surface area contributed by atoms with Gasteiger partial charge in [0.2, 0.25) is 0 Å². The Labute approximate surface area is 330 Å². The monoisotopic (exact) mass is 793 g/mol. The Morgan fingerprint density at radius 2 is 1.13 bits per heavy atom. The highest BCUT2D eigenvalue weighted by Crippen LogP contribution is 2.43. The first-order valence-electron chi connectivity index (χ1n) is 21.6. The van der Waals surface area contributed by atoms with Gasteiger partial charge in [0.05, 0.1) is 40.0 Å². The number of aliphatic hydroxyl groups is 2. The van der Waals surface area contributed by atoms with E-state index < -0.39 is 44.7 Å². The fourth-order valence-electron chi connectivity index (χ4n) is 5.92. The van der Waals surface area contributed by atoms with E-state index in [0.717, 1.165) is 57.8 Å². The third-order valence-electron chi connectivity index (χ3n) is 9.50. The van der Waals surface area contributed by atoms with Crippen LogP contribution < -0.4 is 0 Å². The summed E-state index contributed by atoms with van der Waals surface area (Å²) in [5, 5.41) is 20.5. The van der Waals surface area contributed by atoms with Crippen molar-refractivity contribution in [3.05, 3.63) is 12.2 Å². The Bertz CT molecular complexity index is 973. The number of esters is 2. The van der Waals surface area contributed by atoms with Crippen molar-refractivity contribution in [2.75, 3.05) is 47.5 Å². The number of phosphoric ester groups is 1. The molecule has 320 valence electrons. The number of nitrogens with zero attached hydrogens (tertiary/aromatic N) is 1. The molecule has 0 aliphatic carbocycles. The minimum Gasteiger partial charge on any atom is -0.462 e. The number of likely N-dealkylation sites (N-methyl/N-ethyl adjacent to an activating group) is 1. The number of phosphoric acid groups is 1. The Hall–Kier alpha value is -1.33. The summed E-state index contributed by atoms with van der Waals surface area (Å²) in [6, 6.07) is 0. The van der Waals surface area contributed by atoms with Crippen molar-refractivity contribution in [2.24, 2.45) is 0 Å². The van der Waals surface area contributed by atoms with Crippen LogP contribution in [-0.2, 0) is 32.7 Å². The second-order valence-corrected chi connectivity index (χ2v) is 17.5. The van der Waals surface area contributed by atoms with Crippen molar-refractivity contribution < 1.29 is 52.3 Å². The van der Waals surface area contributed by atoms with Crippen LogP contribution in [0.4, 0.5) is 0 Å². The average molecular weight is 793 g/mol. The molecule has 12 heteroatoms. The molecule has 0 fully saturated rings. The van der Waals surface area contributed by atoms with Gasteiger partial charge in [0.25, 0.3) is 0 Å². The lowest BCUT2D eigenvalue weighted by Crippen LogP contribution is -2.37. The van der Waals surface area contributed by atoms with Gasteiger partial charge in [-0.1, -0.05) is 142 Å². The van der Waals surface area contributed by atoms with Gasteiger partial charge >= 0.3 is 19.8 Å². The Kier molecular flexibility index (Phi) is 34.0. The molecule has 0 aliphatic rings. The summed E-state index contributed by atoms with van der Waals surface area (Å²) >= 11 is 0. The van der Waals surface area contributed by atoms with Crippen LogP contribution in [-0.4, -0.2) is 97.3 Å². The number of ether oxygens (including phenoxy) is 2. The zero-order valence-corrected chi connectivity index (χ0v) is 36.1. The number of aliphatic hydroxyl groups excluding tert-OH is 2. The second-order valence-electron chi connectivity index (χ2n) is 16.0. The minimum absolute atomic E-state index is 0.00588. The maximum atomic E-state index is 12.7. The molecule has 11 nitrogen and oxygen atoms in total. The first kappa shape index (κ1) is 52.7. The van der Waals surface area contributed by atoms with E-state index in [1.807, 2.05) is 27.2 Å².